The largest absolute Gasteiger partial charge is 0.433 e. The molecule has 0 spiro atoms. The standard InChI is InChI=1S/C20H15F3N6/c21-20(22,23)17-12-18(28-19(27-17)15-5-8-24-9-6-15)26-16-4-1-3-14(11-16)13-29-10-2-7-25-29/h1-12H,13H2,(H,26,27,28). The number of nitrogens with one attached hydrogen (secondary N) is 1. The van der Waals surface area contributed by atoms with Crippen LogP contribution in [0, 0.1) is 0 Å². The van der Waals surface area contributed by atoms with Gasteiger partial charge in [0, 0.05) is 42.1 Å². The summed E-state index contributed by atoms with van der Waals surface area (Å²) in [5.41, 5.74) is 0.983. The summed E-state index contributed by atoms with van der Waals surface area (Å²) >= 11 is 0. The van der Waals surface area contributed by atoms with Gasteiger partial charge in [-0.15, -0.1) is 0 Å². The molecule has 1 N–H and O–H groups in total. The molecule has 4 aromatic rings. The van der Waals surface area contributed by atoms with Gasteiger partial charge in [0.05, 0.1) is 6.54 Å². The molecule has 0 aliphatic carbocycles. The lowest BCUT2D eigenvalue weighted by Gasteiger charge is -2.13. The molecule has 0 unspecified atom stereocenters. The Hall–Kier alpha value is -3.75. The second-order valence-electron chi connectivity index (χ2n) is 6.22. The summed E-state index contributed by atoms with van der Waals surface area (Å²) in [7, 11) is 0. The van der Waals surface area contributed by atoms with E-state index in [9.17, 15) is 13.2 Å². The number of nitrogens with zero attached hydrogens (tertiary/aromatic N) is 5. The van der Waals surface area contributed by atoms with Gasteiger partial charge in [0.2, 0.25) is 0 Å². The van der Waals surface area contributed by atoms with E-state index >= 15 is 0 Å². The normalized spacial score (nSPS) is 11.4. The highest BCUT2D eigenvalue weighted by atomic mass is 19.4. The third-order valence-electron chi connectivity index (χ3n) is 4.06. The minimum Gasteiger partial charge on any atom is -0.340 e. The minimum atomic E-state index is -4.59. The Bertz CT molecular complexity index is 1090. The van der Waals surface area contributed by atoms with Crippen molar-refractivity contribution < 1.29 is 13.2 Å². The van der Waals surface area contributed by atoms with Gasteiger partial charge >= 0.3 is 6.18 Å². The van der Waals surface area contributed by atoms with E-state index in [-0.39, 0.29) is 11.6 Å². The fraction of sp³-hybridized carbons (Fsp3) is 0.100. The van der Waals surface area contributed by atoms with Crippen molar-refractivity contribution in [1.29, 1.82) is 0 Å². The monoisotopic (exact) mass is 396 g/mol. The molecule has 0 saturated heterocycles. The predicted molar refractivity (Wildman–Crippen MR) is 101 cm³/mol. The Morgan fingerprint density at radius 3 is 2.48 bits per heavy atom. The van der Waals surface area contributed by atoms with E-state index in [1.807, 2.05) is 30.5 Å². The molecule has 4 rings (SSSR count). The molecule has 0 aliphatic heterocycles. The van der Waals surface area contributed by atoms with Crippen molar-refractivity contribution in [2.24, 2.45) is 0 Å². The highest BCUT2D eigenvalue weighted by Gasteiger charge is 2.33. The van der Waals surface area contributed by atoms with Crippen LogP contribution in [0.15, 0.2) is 73.3 Å². The van der Waals surface area contributed by atoms with Crippen molar-refractivity contribution in [3.8, 4) is 11.4 Å². The van der Waals surface area contributed by atoms with E-state index < -0.39 is 11.9 Å². The second-order valence-corrected chi connectivity index (χ2v) is 6.22. The third-order valence-corrected chi connectivity index (χ3v) is 4.06. The molecule has 0 aliphatic rings. The number of hydrogen-bond donors (Lipinski definition) is 1. The van der Waals surface area contributed by atoms with Crippen LogP contribution in [-0.2, 0) is 12.7 Å². The Kier molecular flexibility index (Phi) is 4.94. The van der Waals surface area contributed by atoms with Crippen LogP contribution in [0.2, 0.25) is 0 Å². The average molecular weight is 396 g/mol. The zero-order chi connectivity index (χ0) is 20.3. The molecular weight excluding hydrogens is 381 g/mol. The van der Waals surface area contributed by atoms with E-state index in [1.54, 1.807) is 29.1 Å². The molecule has 0 amide bonds. The molecule has 0 atom stereocenters. The molecule has 3 aromatic heterocycles. The second kappa shape index (κ2) is 7.70. The van der Waals surface area contributed by atoms with Gasteiger partial charge in [-0.1, -0.05) is 12.1 Å². The summed E-state index contributed by atoms with van der Waals surface area (Å²) < 4.78 is 41.8. The molecule has 0 radical (unpaired) electrons. The molecule has 9 heteroatoms. The fourth-order valence-corrected chi connectivity index (χ4v) is 2.76. The quantitative estimate of drug-likeness (QED) is 0.536. The summed E-state index contributed by atoms with van der Waals surface area (Å²) in [6.45, 7) is 0.544. The Morgan fingerprint density at radius 2 is 1.76 bits per heavy atom. The molecule has 0 fully saturated rings. The molecule has 0 bridgehead atoms. The molecular formula is C20H15F3N6. The number of hydrogen-bond acceptors (Lipinski definition) is 5. The minimum absolute atomic E-state index is 0.0302. The number of halogens is 3. The fourth-order valence-electron chi connectivity index (χ4n) is 2.76. The highest BCUT2D eigenvalue weighted by Crippen LogP contribution is 2.31. The molecule has 1 aromatic carbocycles. The number of rotatable bonds is 5. The Balaban J connectivity index is 1.66. The summed E-state index contributed by atoms with van der Waals surface area (Å²) in [5.74, 6) is 0.0211. The van der Waals surface area contributed by atoms with Gasteiger partial charge in [-0.05, 0) is 35.9 Å². The first-order valence-electron chi connectivity index (χ1n) is 8.67. The van der Waals surface area contributed by atoms with Gasteiger partial charge in [0.1, 0.15) is 5.82 Å². The van der Waals surface area contributed by atoms with Crippen molar-refractivity contribution in [2.75, 3.05) is 5.32 Å². The van der Waals surface area contributed by atoms with Crippen molar-refractivity contribution in [3.05, 3.63) is 84.6 Å². The van der Waals surface area contributed by atoms with Crippen molar-refractivity contribution in [1.82, 2.24) is 24.7 Å². The van der Waals surface area contributed by atoms with Crippen molar-refractivity contribution in [2.45, 2.75) is 12.7 Å². The summed E-state index contributed by atoms with van der Waals surface area (Å²) in [6, 6.07) is 13.2. The van der Waals surface area contributed by atoms with E-state index in [1.165, 1.54) is 12.4 Å². The van der Waals surface area contributed by atoms with Crippen LogP contribution in [0.25, 0.3) is 11.4 Å². The lowest BCUT2D eigenvalue weighted by molar-refractivity contribution is -0.141. The number of alkyl halides is 3. The number of aromatic nitrogens is 5. The Labute approximate surface area is 164 Å². The van der Waals surface area contributed by atoms with E-state index in [4.69, 9.17) is 0 Å². The molecule has 6 nitrogen and oxygen atoms in total. The molecule has 3 heterocycles. The van der Waals surface area contributed by atoms with Crippen LogP contribution in [0.3, 0.4) is 0 Å². The number of anilines is 2. The first-order valence-corrected chi connectivity index (χ1v) is 8.67. The Morgan fingerprint density at radius 1 is 0.931 bits per heavy atom. The summed E-state index contributed by atoms with van der Waals surface area (Å²) in [4.78, 5) is 11.8. The van der Waals surface area contributed by atoms with Gasteiger partial charge in [-0.25, -0.2) is 9.97 Å². The average Bonchev–Trinajstić information content (AvgIpc) is 3.21. The topological polar surface area (TPSA) is 68.5 Å². The summed E-state index contributed by atoms with van der Waals surface area (Å²) in [5, 5.41) is 7.10. The maximum Gasteiger partial charge on any atom is 0.433 e. The van der Waals surface area contributed by atoms with Gasteiger partial charge in [-0.3, -0.25) is 9.67 Å². The highest BCUT2D eigenvalue weighted by molar-refractivity contribution is 5.62. The SMILES string of the molecule is FC(F)(F)c1cc(Nc2cccc(Cn3cccn3)c2)nc(-c2ccncc2)n1. The first-order chi connectivity index (χ1) is 14.0. The zero-order valence-electron chi connectivity index (χ0n) is 15.0. The first kappa shape index (κ1) is 18.6. The maximum absolute atomic E-state index is 13.3. The van der Waals surface area contributed by atoms with Crippen LogP contribution in [0.4, 0.5) is 24.7 Å². The zero-order valence-corrected chi connectivity index (χ0v) is 15.0. The van der Waals surface area contributed by atoms with Crippen molar-refractivity contribution >= 4 is 11.5 Å². The lowest BCUT2D eigenvalue weighted by atomic mass is 10.2. The van der Waals surface area contributed by atoms with Crippen LogP contribution in [0.1, 0.15) is 11.3 Å². The van der Waals surface area contributed by atoms with Crippen LogP contribution < -0.4 is 5.32 Å². The van der Waals surface area contributed by atoms with Gasteiger partial charge in [0.15, 0.2) is 11.5 Å². The number of benzene rings is 1. The van der Waals surface area contributed by atoms with Crippen molar-refractivity contribution in [3.63, 3.8) is 0 Å². The molecule has 146 valence electrons. The van der Waals surface area contributed by atoms with E-state index in [0.717, 1.165) is 11.6 Å². The third kappa shape index (κ3) is 4.57. The van der Waals surface area contributed by atoms with E-state index in [2.05, 4.69) is 25.4 Å². The van der Waals surface area contributed by atoms with Gasteiger partial charge < -0.3 is 5.32 Å². The molecule has 29 heavy (non-hydrogen) atoms. The van der Waals surface area contributed by atoms with Crippen LogP contribution >= 0.6 is 0 Å². The molecule has 0 saturated carbocycles. The van der Waals surface area contributed by atoms with Gasteiger partial charge in [0.25, 0.3) is 0 Å². The van der Waals surface area contributed by atoms with Crippen LogP contribution in [0.5, 0.6) is 0 Å². The predicted octanol–water partition coefficient (Wildman–Crippen LogP) is 4.55. The lowest BCUT2D eigenvalue weighted by Crippen LogP contribution is -2.11. The van der Waals surface area contributed by atoms with E-state index in [0.29, 0.717) is 17.8 Å². The summed E-state index contributed by atoms with van der Waals surface area (Å²) in [6.07, 6.45) is 1.88. The van der Waals surface area contributed by atoms with Crippen LogP contribution in [-0.4, -0.2) is 24.7 Å². The smallest absolute Gasteiger partial charge is 0.340 e. The van der Waals surface area contributed by atoms with Gasteiger partial charge in [-0.2, -0.15) is 18.3 Å². The number of pyridine rings is 1. The maximum atomic E-state index is 13.3.